The Morgan fingerprint density at radius 2 is 1.47 bits per heavy atom. The zero-order valence-corrected chi connectivity index (χ0v) is 19.6. The molecule has 2 N–H and O–H groups in total. The first-order chi connectivity index (χ1) is 16.4. The molecule has 7 nitrogen and oxygen atoms in total. The van der Waals surface area contributed by atoms with Gasteiger partial charge in [0.1, 0.15) is 29.0 Å². The van der Waals surface area contributed by atoms with E-state index < -0.39 is 0 Å². The zero-order chi connectivity index (χ0) is 23.7. The van der Waals surface area contributed by atoms with Gasteiger partial charge in [-0.15, -0.1) is 10.2 Å². The summed E-state index contributed by atoms with van der Waals surface area (Å²) in [5, 5.41) is 7.81. The molecule has 0 aliphatic heterocycles. The molecule has 2 aromatic heterocycles. The fourth-order valence-electron chi connectivity index (χ4n) is 4.05. The van der Waals surface area contributed by atoms with Gasteiger partial charge in [-0.2, -0.15) is 0 Å². The van der Waals surface area contributed by atoms with E-state index in [4.69, 9.17) is 19.6 Å². The van der Waals surface area contributed by atoms with Gasteiger partial charge in [0.15, 0.2) is 0 Å². The number of rotatable bonds is 7. The molecule has 1 fully saturated rings. The summed E-state index contributed by atoms with van der Waals surface area (Å²) < 4.78 is 17.4. The van der Waals surface area contributed by atoms with Gasteiger partial charge < -0.3 is 19.6 Å². The van der Waals surface area contributed by atoms with Crippen LogP contribution in [0.15, 0.2) is 71.3 Å². The van der Waals surface area contributed by atoms with Crippen molar-refractivity contribution in [3.8, 4) is 28.8 Å². The Morgan fingerprint density at radius 3 is 2.00 bits per heavy atom. The third-order valence-electron chi connectivity index (χ3n) is 6.30. The monoisotopic (exact) mass is 456 g/mol. The van der Waals surface area contributed by atoms with E-state index >= 15 is 0 Å². The van der Waals surface area contributed by atoms with Crippen LogP contribution >= 0.6 is 0 Å². The van der Waals surface area contributed by atoms with Crippen molar-refractivity contribution in [3.63, 3.8) is 0 Å². The van der Waals surface area contributed by atoms with E-state index in [0.717, 1.165) is 24.3 Å². The number of pyridine rings is 1. The number of benzene rings is 2. The Labute approximate surface area is 199 Å². The Hall–Kier alpha value is -3.71. The van der Waals surface area contributed by atoms with Crippen LogP contribution in [-0.4, -0.2) is 27.3 Å². The first-order valence-corrected chi connectivity index (χ1v) is 11.4. The SMILES string of the molecule is Cc1nnc(-c2ccc(Oc3ccc(C(C)(C)c4ccc(O[C@H]5C[C@H](N)C5)cc4)cc3)cn2)o1. The molecule has 174 valence electrons. The van der Waals surface area contributed by atoms with Gasteiger partial charge in [-0.3, -0.25) is 0 Å². The van der Waals surface area contributed by atoms with Crippen molar-refractivity contribution < 1.29 is 13.9 Å². The lowest BCUT2D eigenvalue weighted by atomic mass is 9.78. The molecule has 0 amide bonds. The molecule has 1 saturated carbocycles. The maximum atomic E-state index is 5.99. The number of nitrogens with two attached hydrogens (primary N) is 1. The minimum atomic E-state index is -0.165. The molecule has 0 bridgehead atoms. The van der Waals surface area contributed by atoms with Crippen LogP contribution < -0.4 is 15.2 Å². The average molecular weight is 457 g/mol. The van der Waals surface area contributed by atoms with Crippen molar-refractivity contribution in [3.05, 3.63) is 83.9 Å². The van der Waals surface area contributed by atoms with Crippen molar-refractivity contribution in [1.82, 2.24) is 15.2 Å². The van der Waals surface area contributed by atoms with E-state index in [1.165, 1.54) is 11.1 Å². The molecule has 2 heterocycles. The lowest BCUT2D eigenvalue weighted by molar-refractivity contribution is 0.101. The topological polar surface area (TPSA) is 96.3 Å². The summed E-state index contributed by atoms with van der Waals surface area (Å²) in [7, 11) is 0. The molecule has 7 heteroatoms. The molecule has 0 radical (unpaired) electrons. The molecule has 0 unspecified atom stereocenters. The lowest BCUT2D eigenvalue weighted by Gasteiger charge is -2.33. The van der Waals surface area contributed by atoms with Gasteiger partial charge in [0.25, 0.3) is 5.89 Å². The second-order valence-electron chi connectivity index (χ2n) is 9.25. The first-order valence-electron chi connectivity index (χ1n) is 11.4. The van der Waals surface area contributed by atoms with Gasteiger partial charge in [-0.05, 0) is 60.4 Å². The highest BCUT2D eigenvalue weighted by Gasteiger charge is 2.28. The number of nitrogens with zero attached hydrogens (tertiary/aromatic N) is 3. The second-order valence-corrected chi connectivity index (χ2v) is 9.25. The summed E-state index contributed by atoms with van der Waals surface area (Å²) in [5.74, 6) is 3.17. The van der Waals surface area contributed by atoms with E-state index in [2.05, 4.69) is 53.3 Å². The molecule has 1 aliphatic carbocycles. The smallest absolute Gasteiger partial charge is 0.266 e. The van der Waals surface area contributed by atoms with E-state index in [-0.39, 0.29) is 17.6 Å². The quantitative estimate of drug-likeness (QED) is 0.396. The minimum absolute atomic E-state index is 0.165. The van der Waals surface area contributed by atoms with Crippen LogP contribution in [0.25, 0.3) is 11.6 Å². The summed E-state index contributed by atoms with van der Waals surface area (Å²) in [6.45, 7) is 6.17. The van der Waals surface area contributed by atoms with Crippen LogP contribution in [0.2, 0.25) is 0 Å². The largest absolute Gasteiger partial charge is 0.490 e. The summed E-state index contributed by atoms with van der Waals surface area (Å²) in [4.78, 5) is 4.35. The summed E-state index contributed by atoms with van der Waals surface area (Å²) >= 11 is 0. The van der Waals surface area contributed by atoms with Crippen LogP contribution in [0.3, 0.4) is 0 Å². The van der Waals surface area contributed by atoms with Crippen LogP contribution in [0.5, 0.6) is 17.2 Å². The predicted octanol–water partition coefficient (Wildman–Crippen LogP) is 5.43. The Bertz CT molecular complexity index is 1240. The van der Waals surface area contributed by atoms with Gasteiger partial charge in [0, 0.05) is 18.4 Å². The Morgan fingerprint density at radius 1 is 0.853 bits per heavy atom. The van der Waals surface area contributed by atoms with Crippen molar-refractivity contribution in [2.24, 2.45) is 5.73 Å². The number of aromatic nitrogens is 3. The molecule has 0 atom stereocenters. The van der Waals surface area contributed by atoms with Gasteiger partial charge in [0.2, 0.25) is 5.89 Å². The molecule has 1 aliphatic rings. The zero-order valence-electron chi connectivity index (χ0n) is 19.6. The Balaban J connectivity index is 1.24. The van der Waals surface area contributed by atoms with Crippen molar-refractivity contribution in [2.75, 3.05) is 0 Å². The maximum absolute atomic E-state index is 5.99. The van der Waals surface area contributed by atoms with E-state index in [9.17, 15) is 0 Å². The van der Waals surface area contributed by atoms with Crippen LogP contribution in [-0.2, 0) is 5.41 Å². The number of aryl methyl sites for hydroxylation is 1. The highest BCUT2D eigenvalue weighted by Crippen LogP contribution is 2.35. The minimum Gasteiger partial charge on any atom is -0.490 e. The van der Waals surface area contributed by atoms with Crippen molar-refractivity contribution >= 4 is 0 Å². The van der Waals surface area contributed by atoms with Gasteiger partial charge in [-0.1, -0.05) is 38.1 Å². The highest BCUT2D eigenvalue weighted by molar-refractivity contribution is 5.48. The summed E-state index contributed by atoms with van der Waals surface area (Å²) in [5.41, 5.74) is 8.71. The van der Waals surface area contributed by atoms with Crippen LogP contribution in [0.4, 0.5) is 0 Å². The molecule has 2 aromatic carbocycles. The molecule has 34 heavy (non-hydrogen) atoms. The molecule has 0 saturated heterocycles. The van der Waals surface area contributed by atoms with Gasteiger partial charge >= 0.3 is 0 Å². The lowest BCUT2D eigenvalue weighted by Crippen LogP contribution is -2.43. The normalized spacial score (nSPS) is 17.8. The molecular weight excluding hydrogens is 428 g/mol. The number of ether oxygens (including phenoxy) is 2. The third kappa shape index (κ3) is 4.65. The van der Waals surface area contributed by atoms with Crippen LogP contribution in [0, 0.1) is 6.92 Å². The fraction of sp³-hybridized carbons (Fsp3) is 0.296. The molecular formula is C27H28N4O3. The maximum Gasteiger partial charge on any atom is 0.266 e. The first kappa shape index (κ1) is 22.1. The standard InChI is InChI=1S/C27H28N4O3/c1-17-30-31-26(32-17)25-13-12-23(16-29-25)33-21-8-4-18(5-9-21)27(2,3)19-6-10-22(11-7-19)34-24-14-20(28)15-24/h4-13,16,20,24H,14-15,28H2,1-3H3/t20-,24-. The molecule has 0 spiro atoms. The van der Waals surface area contributed by atoms with E-state index in [1.807, 2.05) is 30.3 Å². The predicted molar refractivity (Wildman–Crippen MR) is 129 cm³/mol. The molecule has 4 aromatic rings. The van der Waals surface area contributed by atoms with Gasteiger partial charge in [0.05, 0.1) is 6.20 Å². The summed E-state index contributed by atoms with van der Waals surface area (Å²) in [6.07, 6.45) is 3.75. The third-order valence-corrected chi connectivity index (χ3v) is 6.30. The highest BCUT2D eigenvalue weighted by atomic mass is 16.5. The second kappa shape index (κ2) is 8.91. The molecule has 5 rings (SSSR count). The van der Waals surface area contributed by atoms with E-state index in [1.54, 1.807) is 19.2 Å². The number of hydrogen-bond donors (Lipinski definition) is 1. The Kier molecular flexibility index (Phi) is 5.79. The van der Waals surface area contributed by atoms with Crippen LogP contribution in [0.1, 0.15) is 43.7 Å². The average Bonchev–Trinajstić information content (AvgIpc) is 3.25. The van der Waals surface area contributed by atoms with Crippen molar-refractivity contribution in [2.45, 2.75) is 51.2 Å². The number of hydrogen-bond acceptors (Lipinski definition) is 7. The fourth-order valence-corrected chi connectivity index (χ4v) is 4.05. The summed E-state index contributed by atoms with van der Waals surface area (Å²) in [6, 6.07) is 20.4. The van der Waals surface area contributed by atoms with E-state index in [0.29, 0.717) is 23.2 Å². The van der Waals surface area contributed by atoms with Gasteiger partial charge in [-0.25, -0.2) is 4.98 Å². The van der Waals surface area contributed by atoms with Crippen molar-refractivity contribution in [1.29, 1.82) is 0 Å².